The van der Waals surface area contributed by atoms with Gasteiger partial charge in [0.15, 0.2) is 5.78 Å². The minimum atomic E-state index is -0.00829. The molecule has 0 radical (unpaired) electrons. The molecule has 2 aromatic rings. The Kier molecular flexibility index (Phi) is 4.20. The van der Waals surface area contributed by atoms with E-state index in [1.54, 1.807) is 0 Å². The molecule has 1 nitrogen and oxygen atoms in total. The molecular formula is C18H17IO. The Hall–Kier alpha value is -1.16. The average Bonchev–Trinajstić information content (AvgIpc) is 2.54. The van der Waals surface area contributed by atoms with Crippen LogP contribution >= 0.6 is 22.6 Å². The number of hydrogen-bond donors (Lipinski definition) is 0. The Morgan fingerprint density at radius 2 is 1.60 bits per heavy atom. The number of aryl methyl sites for hydroxylation is 2. The number of carbonyl (C=O) groups excluding carboxylic acids is 1. The second kappa shape index (κ2) is 6.08. The first-order valence-electron chi connectivity index (χ1n) is 7.07. The van der Waals surface area contributed by atoms with E-state index in [0.29, 0.717) is 0 Å². The molecule has 0 aliphatic heterocycles. The summed E-state index contributed by atoms with van der Waals surface area (Å²) in [6, 6.07) is 16.6. The number of alkyl halides is 1. The molecule has 0 amide bonds. The molecule has 0 fully saturated rings. The predicted molar refractivity (Wildman–Crippen MR) is 90.9 cm³/mol. The van der Waals surface area contributed by atoms with Crippen molar-refractivity contribution in [3.63, 3.8) is 0 Å². The molecule has 3 rings (SSSR count). The van der Waals surface area contributed by atoms with Crippen LogP contribution in [0.5, 0.6) is 0 Å². The fourth-order valence-electron chi connectivity index (χ4n) is 3.03. The molecule has 0 heterocycles. The number of Topliss-reactive ketones (excluding diaryl/α,β-unsaturated/α-hetero) is 1. The monoisotopic (exact) mass is 376 g/mol. The lowest BCUT2D eigenvalue weighted by molar-refractivity contribution is 0.0968. The Labute approximate surface area is 133 Å². The van der Waals surface area contributed by atoms with E-state index in [2.05, 4.69) is 52.9 Å². The number of benzene rings is 2. The van der Waals surface area contributed by atoms with Gasteiger partial charge in [0.1, 0.15) is 0 Å². The van der Waals surface area contributed by atoms with Gasteiger partial charge in [0.25, 0.3) is 0 Å². The summed E-state index contributed by atoms with van der Waals surface area (Å²) in [5.74, 6) is 0.274. The maximum atomic E-state index is 12.9. The zero-order valence-electron chi connectivity index (χ0n) is 11.3. The lowest BCUT2D eigenvalue weighted by Gasteiger charge is -2.17. The van der Waals surface area contributed by atoms with E-state index in [1.165, 1.54) is 16.7 Å². The van der Waals surface area contributed by atoms with Gasteiger partial charge < -0.3 is 0 Å². The SMILES string of the molecule is O=C1c2ccccc2CCCc2ccccc2C1CI. The third-order valence-corrected chi connectivity index (χ3v) is 4.96. The molecule has 0 saturated carbocycles. The van der Waals surface area contributed by atoms with Crippen LogP contribution in [0, 0.1) is 0 Å². The van der Waals surface area contributed by atoms with Gasteiger partial charge in [-0.1, -0.05) is 71.1 Å². The van der Waals surface area contributed by atoms with Crippen LogP contribution in [0.1, 0.15) is 39.4 Å². The van der Waals surface area contributed by atoms with Crippen LogP contribution < -0.4 is 0 Å². The fraction of sp³-hybridized carbons (Fsp3) is 0.278. The van der Waals surface area contributed by atoms with Crippen molar-refractivity contribution < 1.29 is 4.79 Å². The summed E-state index contributed by atoms with van der Waals surface area (Å²) >= 11 is 2.34. The summed E-state index contributed by atoms with van der Waals surface area (Å²) in [6.45, 7) is 0. The van der Waals surface area contributed by atoms with Gasteiger partial charge in [0.2, 0.25) is 0 Å². The van der Waals surface area contributed by atoms with Gasteiger partial charge in [0, 0.05) is 9.99 Å². The largest absolute Gasteiger partial charge is 0.293 e. The number of rotatable bonds is 1. The first kappa shape index (κ1) is 13.8. The molecular weight excluding hydrogens is 359 g/mol. The Bertz CT molecular complexity index is 633. The predicted octanol–water partition coefficient (Wildman–Crippen LogP) is 4.58. The molecule has 2 heteroatoms. The Balaban J connectivity index is 2.13. The normalized spacial score (nSPS) is 18.4. The molecule has 2 aromatic carbocycles. The Morgan fingerprint density at radius 3 is 2.40 bits per heavy atom. The second-order valence-corrected chi connectivity index (χ2v) is 6.16. The first-order chi connectivity index (χ1) is 9.81. The molecule has 0 spiro atoms. The third kappa shape index (κ3) is 2.53. The van der Waals surface area contributed by atoms with Crippen LogP contribution in [0.2, 0.25) is 0 Å². The number of ketones is 1. The van der Waals surface area contributed by atoms with Gasteiger partial charge in [-0.15, -0.1) is 0 Å². The molecule has 20 heavy (non-hydrogen) atoms. The van der Waals surface area contributed by atoms with Crippen molar-refractivity contribution in [2.45, 2.75) is 25.2 Å². The van der Waals surface area contributed by atoms with Gasteiger partial charge in [0.05, 0.1) is 5.92 Å². The van der Waals surface area contributed by atoms with E-state index in [-0.39, 0.29) is 11.7 Å². The van der Waals surface area contributed by atoms with Crippen molar-refractivity contribution in [3.05, 3.63) is 70.8 Å². The maximum absolute atomic E-state index is 12.9. The van der Waals surface area contributed by atoms with Gasteiger partial charge in [-0.2, -0.15) is 0 Å². The van der Waals surface area contributed by atoms with E-state index in [9.17, 15) is 4.79 Å². The van der Waals surface area contributed by atoms with Crippen molar-refractivity contribution in [2.75, 3.05) is 4.43 Å². The van der Waals surface area contributed by atoms with Crippen molar-refractivity contribution in [1.29, 1.82) is 0 Å². The van der Waals surface area contributed by atoms with Gasteiger partial charge in [-0.25, -0.2) is 0 Å². The summed E-state index contributed by atoms with van der Waals surface area (Å²) in [7, 11) is 0. The van der Waals surface area contributed by atoms with Crippen molar-refractivity contribution in [1.82, 2.24) is 0 Å². The lowest BCUT2D eigenvalue weighted by Crippen LogP contribution is -2.16. The van der Waals surface area contributed by atoms with E-state index < -0.39 is 0 Å². The summed E-state index contributed by atoms with van der Waals surface area (Å²) in [4.78, 5) is 12.9. The fourth-order valence-corrected chi connectivity index (χ4v) is 3.91. The zero-order chi connectivity index (χ0) is 13.9. The first-order valence-corrected chi connectivity index (χ1v) is 8.59. The van der Waals surface area contributed by atoms with E-state index in [4.69, 9.17) is 0 Å². The van der Waals surface area contributed by atoms with Crippen molar-refractivity contribution in [3.8, 4) is 0 Å². The average molecular weight is 376 g/mol. The third-order valence-electron chi connectivity index (χ3n) is 4.08. The van der Waals surface area contributed by atoms with Crippen LogP contribution in [-0.4, -0.2) is 10.2 Å². The molecule has 1 atom stereocenters. The van der Waals surface area contributed by atoms with Crippen LogP contribution in [0.4, 0.5) is 0 Å². The number of halogens is 1. The van der Waals surface area contributed by atoms with Crippen LogP contribution in [-0.2, 0) is 12.8 Å². The highest BCUT2D eigenvalue weighted by molar-refractivity contribution is 14.1. The lowest BCUT2D eigenvalue weighted by atomic mass is 9.88. The molecule has 0 aromatic heterocycles. The number of fused-ring (bicyclic) bond motifs is 2. The second-order valence-electron chi connectivity index (χ2n) is 5.28. The maximum Gasteiger partial charge on any atom is 0.171 e. The van der Waals surface area contributed by atoms with E-state index >= 15 is 0 Å². The van der Waals surface area contributed by atoms with Crippen molar-refractivity contribution in [2.24, 2.45) is 0 Å². The minimum absolute atomic E-state index is 0.00829. The highest BCUT2D eigenvalue weighted by Crippen LogP contribution is 2.30. The van der Waals surface area contributed by atoms with Gasteiger partial charge >= 0.3 is 0 Å². The molecule has 1 aliphatic rings. The molecule has 0 saturated heterocycles. The van der Waals surface area contributed by atoms with Crippen LogP contribution in [0.15, 0.2) is 48.5 Å². The quantitative estimate of drug-likeness (QED) is 0.526. The molecule has 1 aliphatic carbocycles. The van der Waals surface area contributed by atoms with Crippen LogP contribution in [0.25, 0.3) is 0 Å². The number of hydrogen-bond acceptors (Lipinski definition) is 1. The summed E-state index contributed by atoms with van der Waals surface area (Å²) in [6.07, 6.45) is 3.16. The summed E-state index contributed by atoms with van der Waals surface area (Å²) in [5, 5.41) is 0. The Morgan fingerprint density at radius 1 is 0.950 bits per heavy atom. The highest BCUT2D eigenvalue weighted by atomic mass is 127. The zero-order valence-corrected chi connectivity index (χ0v) is 13.5. The molecule has 0 bridgehead atoms. The van der Waals surface area contributed by atoms with Gasteiger partial charge in [-0.05, 0) is 36.0 Å². The van der Waals surface area contributed by atoms with E-state index in [0.717, 1.165) is 29.3 Å². The smallest absolute Gasteiger partial charge is 0.171 e. The standard InChI is InChI=1S/C18H17IO/c19-12-17-15-10-3-1-6-13(15)8-5-9-14-7-2-4-11-16(14)18(17)20/h1-4,6-7,10-11,17H,5,8-9,12H2. The molecule has 102 valence electrons. The molecule has 1 unspecified atom stereocenters. The molecule has 0 N–H and O–H groups in total. The van der Waals surface area contributed by atoms with Crippen molar-refractivity contribution >= 4 is 28.4 Å². The number of carbonyl (C=O) groups is 1. The topological polar surface area (TPSA) is 17.1 Å². The minimum Gasteiger partial charge on any atom is -0.293 e. The summed E-state index contributed by atoms with van der Waals surface area (Å²) in [5.41, 5.74) is 4.70. The van der Waals surface area contributed by atoms with E-state index in [1.807, 2.05) is 18.2 Å². The van der Waals surface area contributed by atoms with Crippen LogP contribution in [0.3, 0.4) is 0 Å². The van der Waals surface area contributed by atoms with Gasteiger partial charge in [-0.3, -0.25) is 4.79 Å². The summed E-state index contributed by atoms with van der Waals surface area (Å²) < 4.78 is 0.835. The highest BCUT2D eigenvalue weighted by Gasteiger charge is 2.25.